The van der Waals surface area contributed by atoms with Gasteiger partial charge in [0.05, 0.1) is 6.54 Å². The summed E-state index contributed by atoms with van der Waals surface area (Å²) in [7, 11) is 0. The number of amides is 1. The van der Waals surface area contributed by atoms with Gasteiger partial charge in [-0.3, -0.25) is 4.79 Å². The van der Waals surface area contributed by atoms with Crippen LogP contribution in [0.4, 0.5) is 18.9 Å². The van der Waals surface area contributed by atoms with E-state index in [1.165, 1.54) is 32.4 Å². The first-order valence-electron chi connectivity index (χ1n) is 11.0. The monoisotopic (exact) mass is 425 g/mol. The van der Waals surface area contributed by atoms with Crippen LogP contribution in [-0.2, 0) is 4.79 Å². The normalized spacial score (nSPS) is 27.9. The Labute approximate surface area is 175 Å². The minimum absolute atomic E-state index is 0.0501. The lowest BCUT2D eigenvalue weighted by atomic mass is 9.86. The van der Waals surface area contributed by atoms with Crippen LogP contribution < -0.4 is 15.0 Å². The minimum atomic E-state index is -4.25. The number of nitrogens with one attached hydrogen (secondary N) is 1. The molecule has 1 amide bonds. The molecule has 3 aliphatic rings. The number of anilines is 1. The van der Waals surface area contributed by atoms with Crippen LogP contribution >= 0.6 is 0 Å². The van der Waals surface area contributed by atoms with Crippen LogP contribution in [-0.4, -0.2) is 61.4 Å². The summed E-state index contributed by atoms with van der Waals surface area (Å²) in [6.45, 7) is 1.49. The predicted octanol–water partition coefficient (Wildman–Crippen LogP) is 3.73. The van der Waals surface area contributed by atoms with E-state index in [2.05, 4.69) is 10.2 Å². The highest BCUT2D eigenvalue weighted by Crippen LogP contribution is 2.33. The molecule has 2 aliphatic heterocycles. The zero-order chi connectivity index (χ0) is 21.1. The molecule has 0 aromatic heterocycles. The number of carbonyl (C=O) groups excluding carboxylic acids is 1. The Morgan fingerprint density at radius 3 is 2.43 bits per heavy atom. The van der Waals surface area contributed by atoms with Crippen LogP contribution in [0, 0.1) is 0 Å². The van der Waals surface area contributed by atoms with Crippen molar-refractivity contribution in [2.45, 2.75) is 69.3 Å². The van der Waals surface area contributed by atoms with E-state index in [-0.39, 0.29) is 24.6 Å². The van der Waals surface area contributed by atoms with Gasteiger partial charge in [-0.05, 0) is 56.6 Å². The lowest BCUT2D eigenvalue weighted by Gasteiger charge is -2.44. The number of likely N-dealkylation sites (tertiary alicyclic amines) is 1. The molecule has 1 saturated carbocycles. The lowest BCUT2D eigenvalue weighted by molar-refractivity contribution is -0.124. The molecule has 0 bridgehead atoms. The molecule has 1 aliphatic carbocycles. The number of hydrogen-bond acceptors (Lipinski definition) is 4. The van der Waals surface area contributed by atoms with Gasteiger partial charge < -0.3 is 19.9 Å². The van der Waals surface area contributed by atoms with Gasteiger partial charge in [0.15, 0.2) is 0 Å². The van der Waals surface area contributed by atoms with Gasteiger partial charge >= 0.3 is 6.18 Å². The highest BCUT2D eigenvalue weighted by molar-refractivity contribution is 5.96. The Hall–Kier alpha value is -1.80. The molecule has 166 valence electrons. The maximum Gasteiger partial charge on any atom is 0.401 e. The van der Waals surface area contributed by atoms with Crippen molar-refractivity contribution in [2.75, 3.05) is 31.1 Å². The quantitative estimate of drug-likeness (QED) is 0.723. The van der Waals surface area contributed by atoms with Crippen LogP contribution in [0.25, 0.3) is 0 Å². The molecule has 3 fully saturated rings. The molecule has 5 nitrogen and oxygen atoms in total. The first-order chi connectivity index (χ1) is 14.4. The second-order valence-corrected chi connectivity index (χ2v) is 8.66. The van der Waals surface area contributed by atoms with Crippen LogP contribution in [0.2, 0.25) is 0 Å². The number of rotatable bonds is 7. The summed E-state index contributed by atoms with van der Waals surface area (Å²) in [6, 6.07) is 7.75. The van der Waals surface area contributed by atoms with E-state index in [9.17, 15) is 18.0 Å². The molecular formula is C22H30F3N3O2. The topological polar surface area (TPSA) is 44.8 Å². The standard InChI is InChI=1S/C22H30F3N3O2/c23-22(24,25)15-26-14-17-6-9-21(29)28(17)16-4-7-19(8-5-16)30-20-12-18(13-20)27-10-2-1-3-11-27/h4-5,7-8,17-18,20,26H,1-3,6,9-15H2/t17-,18-,20-/m0/s1. The molecule has 2 saturated heterocycles. The second-order valence-electron chi connectivity index (χ2n) is 8.66. The number of halogens is 3. The second kappa shape index (κ2) is 9.14. The van der Waals surface area contributed by atoms with Gasteiger partial charge in [-0.1, -0.05) is 6.42 Å². The van der Waals surface area contributed by atoms with E-state index >= 15 is 0 Å². The fourth-order valence-electron chi connectivity index (χ4n) is 4.77. The highest BCUT2D eigenvalue weighted by atomic mass is 19.4. The van der Waals surface area contributed by atoms with Crippen molar-refractivity contribution < 1.29 is 22.7 Å². The average molecular weight is 425 g/mol. The Morgan fingerprint density at radius 2 is 1.77 bits per heavy atom. The smallest absolute Gasteiger partial charge is 0.401 e. The Kier molecular flexibility index (Phi) is 6.53. The van der Waals surface area contributed by atoms with Crippen LogP contribution in [0.1, 0.15) is 44.9 Å². The third-order valence-electron chi connectivity index (χ3n) is 6.43. The Balaban J connectivity index is 1.27. The number of ether oxygens (including phenoxy) is 1. The molecule has 1 atom stereocenters. The van der Waals surface area contributed by atoms with Crippen molar-refractivity contribution >= 4 is 11.6 Å². The van der Waals surface area contributed by atoms with E-state index in [0.29, 0.717) is 24.6 Å². The highest BCUT2D eigenvalue weighted by Gasteiger charge is 2.36. The average Bonchev–Trinajstić information content (AvgIpc) is 3.05. The molecule has 1 aromatic carbocycles. The van der Waals surface area contributed by atoms with Gasteiger partial charge in [-0.25, -0.2) is 0 Å². The first-order valence-corrected chi connectivity index (χ1v) is 11.0. The first kappa shape index (κ1) is 21.4. The van der Waals surface area contributed by atoms with Gasteiger partial charge in [0.25, 0.3) is 0 Å². The fourth-order valence-corrected chi connectivity index (χ4v) is 4.77. The summed E-state index contributed by atoms with van der Waals surface area (Å²) in [5.41, 5.74) is 0.712. The summed E-state index contributed by atoms with van der Waals surface area (Å²) in [5, 5.41) is 2.42. The molecule has 1 N–H and O–H groups in total. The zero-order valence-corrected chi connectivity index (χ0v) is 17.2. The molecule has 0 spiro atoms. The molecule has 4 rings (SSSR count). The molecule has 30 heavy (non-hydrogen) atoms. The number of nitrogens with zero attached hydrogens (tertiary/aromatic N) is 2. The fraction of sp³-hybridized carbons (Fsp3) is 0.682. The van der Waals surface area contributed by atoms with Crippen LogP contribution in [0.5, 0.6) is 5.75 Å². The minimum Gasteiger partial charge on any atom is -0.490 e. The van der Waals surface area contributed by atoms with Crippen molar-refractivity contribution in [1.29, 1.82) is 0 Å². The number of alkyl halides is 3. The van der Waals surface area contributed by atoms with Gasteiger partial charge in [-0.15, -0.1) is 0 Å². The van der Waals surface area contributed by atoms with Gasteiger partial charge in [0.1, 0.15) is 11.9 Å². The van der Waals surface area contributed by atoms with Crippen molar-refractivity contribution in [3.8, 4) is 5.75 Å². The summed E-state index contributed by atoms with van der Waals surface area (Å²) in [5.74, 6) is 0.727. The number of piperidine rings is 1. The van der Waals surface area contributed by atoms with Crippen molar-refractivity contribution in [3.05, 3.63) is 24.3 Å². The third-order valence-corrected chi connectivity index (χ3v) is 6.43. The van der Waals surface area contributed by atoms with E-state index in [4.69, 9.17) is 4.74 Å². The van der Waals surface area contributed by atoms with E-state index in [0.717, 1.165) is 18.6 Å². The molecular weight excluding hydrogens is 395 g/mol. The van der Waals surface area contributed by atoms with Gasteiger partial charge in [0.2, 0.25) is 5.91 Å². The molecule has 0 radical (unpaired) electrons. The maximum atomic E-state index is 12.4. The number of hydrogen-bond donors (Lipinski definition) is 1. The molecule has 2 heterocycles. The third kappa shape index (κ3) is 5.27. The van der Waals surface area contributed by atoms with E-state index < -0.39 is 12.7 Å². The van der Waals surface area contributed by atoms with Crippen molar-refractivity contribution in [2.24, 2.45) is 0 Å². The van der Waals surface area contributed by atoms with Crippen molar-refractivity contribution in [3.63, 3.8) is 0 Å². The van der Waals surface area contributed by atoms with E-state index in [1.807, 2.05) is 24.3 Å². The largest absolute Gasteiger partial charge is 0.490 e. The molecule has 0 unspecified atom stereocenters. The van der Waals surface area contributed by atoms with E-state index in [1.54, 1.807) is 4.90 Å². The zero-order valence-electron chi connectivity index (χ0n) is 17.2. The van der Waals surface area contributed by atoms with Gasteiger partial charge in [0, 0.05) is 43.6 Å². The Bertz CT molecular complexity index is 713. The summed E-state index contributed by atoms with van der Waals surface area (Å²) >= 11 is 0. The number of benzene rings is 1. The number of carbonyl (C=O) groups is 1. The molecule has 1 aromatic rings. The maximum absolute atomic E-state index is 12.4. The van der Waals surface area contributed by atoms with Gasteiger partial charge in [-0.2, -0.15) is 13.2 Å². The van der Waals surface area contributed by atoms with Crippen LogP contribution in [0.15, 0.2) is 24.3 Å². The predicted molar refractivity (Wildman–Crippen MR) is 109 cm³/mol. The summed E-state index contributed by atoms with van der Waals surface area (Å²) in [6.07, 6.45) is 2.94. The SMILES string of the molecule is O=C1CC[C@@H](CNCC(F)(F)F)N1c1ccc(O[C@H]2C[C@H](N3CCCCC3)C2)cc1. The Morgan fingerprint density at radius 1 is 1.07 bits per heavy atom. The molecule has 8 heteroatoms. The lowest BCUT2D eigenvalue weighted by Crippen LogP contribution is -2.50. The summed E-state index contributed by atoms with van der Waals surface area (Å²) < 4.78 is 43.2. The van der Waals surface area contributed by atoms with Crippen LogP contribution in [0.3, 0.4) is 0 Å². The summed E-state index contributed by atoms with van der Waals surface area (Å²) in [4.78, 5) is 16.5. The van der Waals surface area contributed by atoms with Crippen molar-refractivity contribution in [1.82, 2.24) is 10.2 Å².